The maximum absolute atomic E-state index is 14.0. The number of aromatic nitrogens is 3. The first-order valence-electron chi connectivity index (χ1n) is 13.8. The second kappa shape index (κ2) is 12.9. The summed E-state index contributed by atoms with van der Waals surface area (Å²) in [5.41, 5.74) is 4.48. The van der Waals surface area contributed by atoms with Crippen LogP contribution in [0.5, 0.6) is 5.75 Å². The molecule has 1 atom stereocenters. The van der Waals surface area contributed by atoms with Crippen LogP contribution in [0, 0.1) is 5.82 Å². The van der Waals surface area contributed by atoms with Gasteiger partial charge in [-0.1, -0.05) is 35.9 Å². The lowest BCUT2D eigenvalue weighted by Gasteiger charge is -2.23. The first-order chi connectivity index (χ1) is 21.4. The van der Waals surface area contributed by atoms with Crippen molar-refractivity contribution in [3.05, 3.63) is 125 Å². The van der Waals surface area contributed by atoms with Crippen molar-refractivity contribution in [2.45, 2.75) is 11.8 Å². The number of nitrogens with zero attached hydrogens (tertiary/aromatic N) is 4. The topological polar surface area (TPSA) is 89.3 Å². The molecule has 8 nitrogen and oxygen atoms in total. The molecule has 0 bridgehead atoms. The van der Waals surface area contributed by atoms with E-state index in [4.69, 9.17) is 21.4 Å². The molecule has 0 unspecified atom stereocenters. The molecule has 1 aliphatic rings. The number of ether oxygens (including phenoxy) is 1. The fraction of sp³-hybridized carbons (Fsp3) is 0.152. The van der Waals surface area contributed by atoms with Crippen LogP contribution in [0.1, 0.15) is 21.9 Å². The molecule has 0 saturated carbocycles. The van der Waals surface area contributed by atoms with E-state index in [-0.39, 0.29) is 36.5 Å². The summed E-state index contributed by atoms with van der Waals surface area (Å²) >= 11 is 7.64. The molecule has 44 heavy (non-hydrogen) atoms. The molecule has 1 aliphatic heterocycles. The van der Waals surface area contributed by atoms with E-state index >= 15 is 0 Å². The Morgan fingerprint density at radius 3 is 2.41 bits per heavy atom. The zero-order valence-electron chi connectivity index (χ0n) is 23.6. The predicted molar refractivity (Wildman–Crippen MR) is 170 cm³/mol. The SMILES string of the molecule is COc1ccc(-n2nc(-c3ccc(Cl)cc3)c3c2N(CC(=O)NCc2ccncc2)C(=O)CS[C@H]3c2ccc(F)cc2)cc1. The number of hydrogen-bond acceptors (Lipinski definition) is 6. The van der Waals surface area contributed by atoms with Crippen molar-refractivity contribution in [1.29, 1.82) is 0 Å². The number of hydrogen-bond donors (Lipinski definition) is 1. The maximum atomic E-state index is 14.0. The van der Waals surface area contributed by atoms with E-state index < -0.39 is 5.25 Å². The number of anilines is 1. The van der Waals surface area contributed by atoms with Crippen molar-refractivity contribution >= 4 is 41.0 Å². The Kier molecular flexibility index (Phi) is 8.63. The Balaban J connectivity index is 1.52. The van der Waals surface area contributed by atoms with E-state index in [1.54, 1.807) is 48.5 Å². The Hall–Kier alpha value is -4.67. The highest BCUT2D eigenvalue weighted by molar-refractivity contribution is 8.00. The van der Waals surface area contributed by atoms with Gasteiger partial charge in [0.25, 0.3) is 0 Å². The Morgan fingerprint density at radius 1 is 1.02 bits per heavy atom. The lowest BCUT2D eigenvalue weighted by atomic mass is 9.99. The van der Waals surface area contributed by atoms with Gasteiger partial charge in [-0.05, 0) is 71.8 Å². The smallest absolute Gasteiger partial charge is 0.240 e. The molecule has 11 heteroatoms. The fourth-order valence-electron chi connectivity index (χ4n) is 5.05. The van der Waals surface area contributed by atoms with Crippen LogP contribution in [-0.2, 0) is 16.1 Å². The highest BCUT2D eigenvalue weighted by Crippen LogP contribution is 2.48. The molecule has 1 N–H and O–H groups in total. The molecule has 0 spiro atoms. The van der Waals surface area contributed by atoms with E-state index in [1.165, 1.54) is 28.8 Å². The van der Waals surface area contributed by atoms with Gasteiger partial charge in [0.05, 0.1) is 29.5 Å². The normalized spacial score (nSPS) is 14.6. The van der Waals surface area contributed by atoms with Crippen molar-refractivity contribution in [3.63, 3.8) is 0 Å². The quantitative estimate of drug-likeness (QED) is 0.220. The first kappa shape index (κ1) is 29.4. The minimum atomic E-state index is -0.392. The van der Waals surface area contributed by atoms with E-state index in [0.717, 1.165) is 22.3 Å². The highest BCUT2D eigenvalue weighted by atomic mass is 35.5. The first-order valence-corrected chi connectivity index (χ1v) is 15.2. The molecule has 3 aromatic carbocycles. The van der Waals surface area contributed by atoms with Gasteiger partial charge in [-0.25, -0.2) is 9.07 Å². The molecular weight excluding hydrogens is 601 g/mol. The van der Waals surface area contributed by atoms with Crippen LogP contribution in [0.2, 0.25) is 5.02 Å². The number of amides is 2. The number of carbonyl (C=O) groups excluding carboxylic acids is 2. The van der Waals surface area contributed by atoms with Crippen LogP contribution >= 0.6 is 23.4 Å². The average molecular weight is 628 g/mol. The standard InChI is InChI=1S/C33H27ClFN5O3S/c1-43-27-12-10-26(11-13-27)40-33-30(31(38-40)22-2-6-24(34)7-3-22)32(23-4-8-25(35)9-5-23)44-20-29(42)39(33)19-28(41)37-18-21-14-16-36-17-15-21/h2-17,32H,18-20H2,1H3,(H,37,41)/t32-/m0/s1. The van der Waals surface area contributed by atoms with Crippen molar-refractivity contribution in [2.24, 2.45) is 0 Å². The minimum absolute atomic E-state index is 0.0943. The van der Waals surface area contributed by atoms with Gasteiger partial charge < -0.3 is 10.1 Å². The summed E-state index contributed by atoms with van der Waals surface area (Å²) < 4.78 is 21.1. The number of methoxy groups -OCH3 is 1. The zero-order chi connectivity index (χ0) is 30.6. The molecule has 0 saturated heterocycles. The molecule has 0 fully saturated rings. The van der Waals surface area contributed by atoms with Gasteiger partial charge in [0, 0.05) is 35.1 Å². The highest BCUT2D eigenvalue weighted by Gasteiger charge is 2.37. The molecule has 2 aromatic heterocycles. The number of benzene rings is 3. The van der Waals surface area contributed by atoms with Crippen LogP contribution in [0.15, 0.2) is 97.3 Å². The second-order valence-corrected chi connectivity index (χ2v) is 11.6. The molecule has 2 amide bonds. The summed E-state index contributed by atoms with van der Waals surface area (Å²) in [6.07, 6.45) is 3.31. The van der Waals surface area contributed by atoms with Crippen LogP contribution in [-0.4, -0.2) is 46.0 Å². The molecule has 222 valence electrons. The monoisotopic (exact) mass is 627 g/mol. The lowest BCUT2D eigenvalue weighted by Crippen LogP contribution is -2.42. The van der Waals surface area contributed by atoms with Crippen molar-refractivity contribution in [2.75, 3.05) is 24.3 Å². The van der Waals surface area contributed by atoms with Crippen molar-refractivity contribution < 1.29 is 18.7 Å². The fourth-order valence-corrected chi connectivity index (χ4v) is 6.37. The number of carbonyl (C=O) groups is 2. The van der Waals surface area contributed by atoms with Gasteiger partial charge in [0.1, 0.15) is 23.9 Å². The predicted octanol–water partition coefficient (Wildman–Crippen LogP) is 6.22. The number of pyridine rings is 1. The van der Waals surface area contributed by atoms with Gasteiger partial charge in [0.2, 0.25) is 11.8 Å². The zero-order valence-corrected chi connectivity index (χ0v) is 25.2. The number of fused-ring (bicyclic) bond motifs is 1. The lowest BCUT2D eigenvalue weighted by molar-refractivity contribution is -0.123. The van der Waals surface area contributed by atoms with Crippen LogP contribution in [0.4, 0.5) is 10.2 Å². The third-order valence-electron chi connectivity index (χ3n) is 7.24. The largest absolute Gasteiger partial charge is 0.497 e. The molecule has 0 radical (unpaired) electrons. The van der Waals surface area contributed by atoms with E-state index in [1.807, 2.05) is 48.5 Å². The van der Waals surface area contributed by atoms with Gasteiger partial charge in [-0.3, -0.25) is 19.5 Å². The Bertz CT molecular complexity index is 1780. The molecule has 3 heterocycles. The number of thioether (sulfide) groups is 1. The summed E-state index contributed by atoms with van der Waals surface area (Å²) in [4.78, 5) is 32.7. The summed E-state index contributed by atoms with van der Waals surface area (Å²) in [6.45, 7) is 0.0620. The third-order valence-corrected chi connectivity index (χ3v) is 8.74. The molecule has 0 aliphatic carbocycles. The van der Waals surface area contributed by atoms with Crippen molar-refractivity contribution in [3.8, 4) is 22.7 Å². The number of nitrogens with one attached hydrogen (secondary N) is 1. The molecule has 6 rings (SSSR count). The number of rotatable bonds is 8. The van der Waals surface area contributed by atoms with Gasteiger partial charge >= 0.3 is 0 Å². The molecular formula is C33H27ClFN5O3S. The Labute approximate surface area is 262 Å². The Morgan fingerprint density at radius 2 is 1.73 bits per heavy atom. The second-order valence-electron chi connectivity index (χ2n) is 10.1. The van der Waals surface area contributed by atoms with E-state index in [0.29, 0.717) is 28.0 Å². The maximum Gasteiger partial charge on any atom is 0.240 e. The summed E-state index contributed by atoms with van der Waals surface area (Å²) in [6, 6.07) is 24.5. The van der Waals surface area contributed by atoms with Gasteiger partial charge in [-0.2, -0.15) is 5.10 Å². The third kappa shape index (κ3) is 6.17. The number of halogens is 2. The molecule has 5 aromatic rings. The van der Waals surface area contributed by atoms with Crippen LogP contribution < -0.4 is 15.0 Å². The summed E-state index contributed by atoms with van der Waals surface area (Å²) in [5.74, 6) is 0.274. The summed E-state index contributed by atoms with van der Waals surface area (Å²) in [5, 5.41) is 8.15. The van der Waals surface area contributed by atoms with E-state index in [9.17, 15) is 14.0 Å². The van der Waals surface area contributed by atoms with Crippen LogP contribution in [0.25, 0.3) is 16.9 Å². The van der Waals surface area contributed by atoms with Gasteiger partial charge in [0.15, 0.2) is 0 Å². The summed E-state index contributed by atoms with van der Waals surface area (Å²) in [7, 11) is 1.59. The van der Waals surface area contributed by atoms with Crippen molar-refractivity contribution in [1.82, 2.24) is 20.1 Å². The minimum Gasteiger partial charge on any atom is -0.497 e. The van der Waals surface area contributed by atoms with Crippen LogP contribution in [0.3, 0.4) is 0 Å². The van der Waals surface area contributed by atoms with E-state index in [2.05, 4.69) is 10.3 Å². The average Bonchev–Trinajstić information content (AvgIpc) is 3.37. The van der Waals surface area contributed by atoms with Gasteiger partial charge in [-0.15, -0.1) is 11.8 Å².